The number of aromatic nitrogens is 1. The van der Waals surface area contributed by atoms with Gasteiger partial charge in [0.2, 0.25) is 21.8 Å². The monoisotopic (exact) mass is 638 g/mol. The number of nitro benzene ring substituents is 1. The summed E-state index contributed by atoms with van der Waals surface area (Å²) in [7, 11) is -4.52. The lowest BCUT2D eigenvalue weighted by atomic mass is 10.0. The molecule has 236 valence electrons. The highest BCUT2D eigenvalue weighted by molar-refractivity contribution is 7.89. The molecule has 3 aromatic rings. The fraction of sp³-hybridized carbons (Fsp3) is 0.333. The molecule has 14 nitrogen and oxygen atoms in total. The lowest BCUT2D eigenvalue weighted by Gasteiger charge is -2.26. The Balaban J connectivity index is 1.45. The maximum atomic E-state index is 13.8. The molecule has 2 N–H and O–H groups in total. The zero-order valence-electron chi connectivity index (χ0n) is 23.9. The van der Waals surface area contributed by atoms with Crippen LogP contribution in [0.2, 0.25) is 0 Å². The molecule has 0 unspecified atom stereocenters. The van der Waals surface area contributed by atoms with Crippen LogP contribution >= 0.6 is 0 Å². The molecule has 0 radical (unpaired) electrons. The number of cyclic esters (lactones) is 1. The van der Waals surface area contributed by atoms with Crippen molar-refractivity contribution in [3.8, 4) is 5.88 Å². The number of esters is 1. The highest BCUT2D eigenvalue weighted by atomic mass is 32.2. The highest BCUT2D eigenvalue weighted by Gasteiger charge is 2.44. The Kier molecular flexibility index (Phi) is 9.39. The lowest BCUT2D eigenvalue weighted by molar-refractivity contribution is -0.387. The van der Waals surface area contributed by atoms with Crippen molar-refractivity contribution in [3.63, 3.8) is 0 Å². The first-order valence-electron chi connectivity index (χ1n) is 14.2. The van der Waals surface area contributed by atoms with Gasteiger partial charge in [-0.2, -0.15) is 0 Å². The number of nitrogens with one attached hydrogen (secondary N) is 1. The molecule has 1 aromatic heterocycles. The van der Waals surface area contributed by atoms with Gasteiger partial charge in [-0.1, -0.05) is 36.4 Å². The number of fused-ring (bicyclic) bond motifs is 3. The first-order valence-corrected chi connectivity index (χ1v) is 15.7. The molecule has 5 rings (SSSR count). The number of hydrogen-bond acceptors (Lipinski definition) is 10. The summed E-state index contributed by atoms with van der Waals surface area (Å²) in [6.07, 6.45) is 5.03. The van der Waals surface area contributed by atoms with Crippen molar-refractivity contribution in [1.29, 1.82) is 0 Å². The molecule has 1 amide bonds. The Morgan fingerprint density at radius 2 is 1.98 bits per heavy atom. The number of para-hydroxylation sites is 1. The predicted octanol–water partition coefficient (Wildman–Crippen LogP) is 2.91. The Hall–Kier alpha value is -4.89. The largest absolute Gasteiger partial charge is 0.480 e. The second-order valence-electron chi connectivity index (χ2n) is 10.7. The second-order valence-corrected chi connectivity index (χ2v) is 12.4. The van der Waals surface area contributed by atoms with Crippen molar-refractivity contribution in [2.24, 2.45) is 5.92 Å². The van der Waals surface area contributed by atoms with E-state index in [-0.39, 0.29) is 25.5 Å². The number of nitro groups is 1. The molecule has 2 aromatic carbocycles. The van der Waals surface area contributed by atoms with Crippen molar-refractivity contribution in [2.75, 3.05) is 19.7 Å². The number of carbonyl (C=O) groups excluding carboxylic acids is 2. The Morgan fingerprint density at radius 3 is 2.76 bits per heavy atom. The van der Waals surface area contributed by atoms with Crippen LogP contribution in [0.15, 0.2) is 65.7 Å². The number of ether oxygens (including phenoxy) is 2. The number of carbonyl (C=O) groups is 3. The van der Waals surface area contributed by atoms with E-state index in [1.165, 1.54) is 12.1 Å². The van der Waals surface area contributed by atoms with E-state index in [9.17, 15) is 38.0 Å². The van der Waals surface area contributed by atoms with E-state index in [0.717, 1.165) is 28.0 Å². The first kappa shape index (κ1) is 31.5. The molecular formula is C30H30N4O10S. The van der Waals surface area contributed by atoms with Crippen molar-refractivity contribution in [3.05, 3.63) is 76.5 Å². The molecule has 0 aliphatic carbocycles. The lowest BCUT2D eigenvalue weighted by Crippen LogP contribution is -2.47. The maximum absolute atomic E-state index is 13.8. The molecule has 2 aliphatic heterocycles. The number of allylic oxidation sites excluding steroid dienone is 1. The molecular weight excluding hydrogens is 608 g/mol. The number of nitrogens with zero attached hydrogens (tertiary/aromatic N) is 3. The number of aliphatic carboxylic acids is 1. The smallest absolute Gasteiger partial charge is 0.326 e. The van der Waals surface area contributed by atoms with E-state index in [1.54, 1.807) is 6.20 Å². The van der Waals surface area contributed by atoms with Crippen molar-refractivity contribution < 1.29 is 42.3 Å². The minimum Gasteiger partial charge on any atom is -0.480 e. The van der Waals surface area contributed by atoms with Gasteiger partial charge in [-0.15, -0.1) is 0 Å². The number of benzene rings is 2. The standard InChI is InChI=1S/C30H30N4O10S/c35-27-15-21(17-32-45(41,42)26-8-4-3-7-24(26)34(39)40)29(36)33-18-22(16-25(33)30(37)38)44-28-23-14-19(6-2-1-5-13-43-27)9-10-20(23)11-12-31-28/h2-4,6-12,14,21-22,25,32H,1,5,13,15-18H2,(H,37,38)/b6-2+/t21-,22+,25-/m0/s1. The van der Waals surface area contributed by atoms with E-state index >= 15 is 0 Å². The second kappa shape index (κ2) is 13.4. The third-order valence-electron chi connectivity index (χ3n) is 7.58. The quantitative estimate of drug-likeness (QED) is 0.229. The van der Waals surface area contributed by atoms with Gasteiger partial charge in [-0.3, -0.25) is 19.7 Å². The number of carboxylic acids is 1. The van der Waals surface area contributed by atoms with Crippen LogP contribution in [0, 0.1) is 16.0 Å². The van der Waals surface area contributed by atoms with E-state index < -0.39 is 74.4 Å². The average Bonchev–Trinajstić information content (AvgIpc) is 3.44. The topological polar surface area (TPSA) is 195 Å². The molecule has 15 heteroatoms. The van der Waals surface area contributed by atoms with Gasteiger partial charge in [0.25, 0.3) is 5.69 Å². The van der Waals surface area contributed by atoms with E-state index in [1.807, 2.05) is 36.4 Å². The summed E-state index contributed by atoms with van der Waals surface area (Å²) < 4.78 is 39.8. The van der Waals surface area contributed by atoms with E-state index in [0.29, 0.717) is 18.2 Å². The molecule has 3 heterocycles. The first-order chi connectivity index (χ1) is 21.5. The zero-order chi connectivity index (χ0) is 32.1. The molecule has 4 bridgehead atoms. The van der Waals surface area contributed by atoms with Gasteiger partial charge in [0.1, 0.15) is 12.1 Å². The fourth-order valence-corrected chi connectivity index (χ4v) is 6.60. The minimum absolute atomic E-state index is 0.0369. The van der Waals surface area contributed by atoms with Crippen LogP contribution in [0.25, 0.3) is 16.8 Å². The van der Waals surface area contributed by atoms with Crippen LogP contribution < -0.4 is 9.46 Å². The summed E-state index contributed by atoms with van der Waals surface area (Å²) in [6, 6.07) is 10.9. The van der Waals surface area contributed by atoms with E-state index in [4.69, 9.17) is 9.47 Å². The summed E-state index contributed by atoms with van der Waals surface area (Å²) in [4.78, 5) is 54.3. The van der Waals surface area contributed by atoms with Gasteiger partial charge in [0.05, 0.1) is 30.4 Å². The van der Waals surface area contributed by atoms with Crippen molar-refractivity contribution in [1.82, 2.24) is 14.6 Å². The van der Waals surface area contributed by atoms with Gasteiger partial charge in [-0.25, -0.2) is 22.9 Å². The van der Waals surface area contributed by atoms with E-state index in [2.05, 4.69) is 9.71 Å². The zero-order valence-corrected chi connectivity index (χ0v) is 24.7. The van der Waals surface area contributed by atoms with Crippen LogP contribution in [-0.4, -0.2) is 78.0 Å². The number of amides is 1. The normalized spacial score (nSPS) is 21.9. The summed E-state index contributed by atoms with van der Waals surface area (Å²) in [6.45, 7) is -0.780. The van der Waals surface area contributed by atoms with Crippen LogP contribution in [0.4, 0.5) is 5.69 Å². The molecule has 1 fully saturated rings. The van der Waals surface area contributed by atoms with Gasteiger partial charge < -0.3 is 19.5 Å². The number of pyridine rings is 1. The summed E-state index contributed by atoms with van der Waals surface area (Å²) in [5.41, 5.74) is 0.213. The minimum atomic E-state index is -4.52. The summed E-state index contributed by atoms with van der Waals surface area (Å²) in [5.74, 6) is -4.02. The van der Waals surface area contributed by atoms with Gasteiger partial charge in [0, 0.05) is 30.6 Å². The third kappa shape index (κ3) is 7.26. The van der Waals surface area contributed by atoms with Gasteiger partial charge >= 0.3 is 11.9 Å². The summed E-state index contributed by atoms with van der Waals surface area (Å²) >= 11 is 0. The van der Waals surface area contributed by atoms with Crippen LogP contribution in [-0.2, 0) is 29.1 Å². The number of hydrogen-bond donors (Lipinski definition) is 2. The molecule has 45 heavy (non-hydrogen) atoms. The predicted molar refractivity (Wildman–Crippen MR) is 160 cm³/mol. The Bertz CT molecular complexity index is 1780. The van der Waals surface area contributed by atoms with Gasteiger partial charge in [0.15, 0.2) is 4.90 Å². The summed E-state index contributed by atoms with van der Waals surface area (Å²) in [5, 5.41) is 23.0. The number of sulfonamides is 1. The Labute approximate surface area is 257 Å². The molecule has 0 saturated carbocycles. The van der Waals surface area contributed by atoms with Crippen LogP contribution in [0.3, 0.4) is 0 Å². The van der Waals surface area contributed by atoms with Crippen LogP contribution in [0.1, 0.15) is 31.2 Å². The Morgan fingerprint density at radius 1 is 1.18 bits per heavy atom. The third-order valence-corrected chi connectivity index (χ3v) is 9.06. The molecule has 3 atom stereocenters. The SMILES string of the molecule is O=C1C[C@@H](CNS(=O)(=O)c2ccccc2[N+](=O)[O-])C(=O)N2C[C@@H](C[C@H]2C(=O)O)Oc2nccc3ccc(cc23)/C=C/CCCO1. The fourth-order valence-electron chi connectivity index (χ4n) is 5.35. The molecule has 1 saturated heterocycles. The molecule has 0 spiro atoms. The highest BCUT2D eigenvalue weighted by Crippen LogP contribution is 2.30. The number of rotatable bonds is 6. The van der Waals surface area contributed by atoms with Crippen molar-refractivity contribution >= 4 is 50.4 Å². The van der Waals surface area contributed by atoms with Crippen LogP contribution in [0.5, 0.6) is 5.88 Å². The number of carboxylic acid groups (broad SMARTS) is 1. The maximum Gasteiger partial charge on any atom is 0.326 e. The van der Waals surface area contributed by atoms with Crippen molar-refractivity contribution in [2.45, 2.75) is 42.7 Å². The average molecular weight is 639 g/mol. The van der Waals surface area contributed by atoms with Gasteiger partial charge in [-0.05, 0) is 42.0 Å². The molecule has 2 aliphatic rings.